The Balaban J connectivity index is 1.84. The molecule has 152 valence electrons. The number of nitrogens with zero attached hydrogens (tertiary/aromatic N) is 1. The van der Waals surface area contributed by atoms with Crippen molar-refractivity contribution in [3.05, 3.63) is 0 Å². The third kappa shape index (κ3) is 12.3. The van der Waals surface area contributed by atoms with Gasteiger partial charge in [-0.05, 0) is 6.42 Å². The smallest absolute Gasteiger partial charge is 0.234 e. The zero-order valence-corrected chi connectivity index (χ0v) is 16.7. The summed E-state index contributed by atoms with van der Waals surface area (Å²) in [6, 6.07) is 0. The summed E-state index contributed by atoms with van der Waals surface area (Å²) in [4.78, 5) is 25.5. The van der Waals surface area contributed by atoms with E-state index in [-0.39, 0.29) is 24.7 Å². The van der Waals surface area contributed by atoms with Crippen molar-refractivity contribution in [1.29, 1.82) is 0 Å². The minimum Gasteiger partial charge on any atom is -0.378 e. The summed E-state index contributed by atoms with van der Waals surface area (Å²) < 4.78 is 5.22. The Bertz CT molecular complexity index is 371. The molecule has 0 aromatic heterocycles. The molecule has 0 unspecified atom stereocenters. The third-order valence-electron chi connectivity index (χ3n) is 4.81. The van der Waals surface area contributed by atoms with Crippen LogP contribution in [-0.4, -0.2) is 49.6 Å². The Labute approximate surface area is 159 Å². The average molecular weight is 370 g/mol. The fraction of sp³-hybridized carbons (Fsp3) is 0.900. The molecule has 6 heteroatoms. The highest BCUT2D eigenvalue weighted by atomic mass is 16.5. The van der Waals surface area contributed by atoms with E-state index in [1.807, 2.05) is 0 Å². The molecule has 0 radical (unpaired) electrons. The van der Waals surface area contributed by atoms with E-state index in [2.05, 4.69) is 17.8 Å². The van der Waals surface area contributed by atoms with Crippen molar-refractivity contribution in [3.8, 4) is 0 Å². The normalized spacial score (nSPS) is 14.4. The van der Waals surface area contributed by atoms with Gasteiger partial charge in [0.25, 0.3) is 0 Å². The fourth-order valence-corrected chi connectivity index (χ4v) is 3.12. The average Bonchev–Trinajstić information content (AvgIpc) is 2.67. The van der Waals surface area contributed by atoms with Crippen molar-refractivity contribution in [2.75, 3.05) is 32.8 Å². The van der Waals surface area contributed by atoms with Crippen molar-refractivity contribution in [3.63, 3.8) is 0 Å². The molecule has 0 aliphatic carbocycles. The Morgan fingerprint density at radius 3 is 2.04 bits per heavy atom. The molecule has 1 saturated heterocycles. The molecule has 0 atom stereocenters. The van der Waals surface area contributed by atoms with E-state index >= 15 is 0 Å². The molecule has 1 aliphatic rings. The molecule has 1 heterocycles. The van der Waals surface area contributed by atoms with Crippen LogP contribution < -0.4 is 10.9 Å². The van der Waals surface area contributed by atoms with Crippen LogP contribution in [0.25, 0.3) is 0 Å². The van der Waals surface area contributed by atoms with Crippen molar-refractivity contribution in [1.82, 2.24) is 15.8 Å². The fourth-order valence-electron chi connectivity index (χ4n) is 3.12. The Kier molecular flexibility index (Phi) is 14.1. The standard InChI is InChI=1S/C20H39N3O3/c1-2-3-4-5-6-7-8-9-10-11-14-21-22-19(24)12-13-20(25)23-15-17-26-18-16-23/h21H,2-18H2,1H3,(H,22,24). The van der Waals surface area contributed by atoms with Crippen molar-refractivity contribution in [2.24, 2.45) is 0 Å². The molecule has 0 saturated carbocycles. The summed E-state index contributed by atoms with van der Waals surface area (Å²) in [6.07, 6.45) is 13.6. The summed E-state index contributed by atoms with van der Waals surface area (Å²) in [6.45, 7) is 5.51. The molecular weight excluding hydrogens is 330 g/mol. The number of carbonyl (C=O) groups is 2. The van der Waals surface area contributed by atoms with Gasteiger partial charge in [-0.3, -0.25) is 15.0 Å². The zero-order valence-electron chi connectivity index (χ0n) is 16.7. The van der Waals surface area contributed by atoms with E-state index in [9.17, 15) is 9.59 Å². The first kappa shape index (κ1) is 22.9. The monoisotopic (exact) mass is 369 g/mol. The van der Waals surface area contributed by atoms with Crippen molar-refractivity contribution in [2.45, 2.75) is 84.0 Å². The van der Waals surface area contributed by atoms with Crippen molar-refractivity contribution >= 4 is 11.8 Å². The van der Waals surface area contributed by atoms with Gasteiger partial charge in [0.2, 0.25) is 11.8 Å². The number of amides is 2. The second-order valence-corrected chi connectivity index (χ2v) is 7.15. The molecule has 2 N–H and O–H groups in total. The molecule has 0 aromatic rings. The molecule has 0 spiro atoms. The van der Waals surface area contributed by atoms with Gasteiger partial charge in [0.05, 0.1) is 13.2 Å². The number of hydrogen-bond acceptors (Lipinski definition) is 4. The zero-order chi connectivity index (χ0) is 18.9. The van der Waals surface area contributed by atoms with Gasteiger partial charge in [0.1, 0.15) is 0 Å². The van der Waals surface area contributed by atoms with E-state index in [1.165, 1.54) is 57.8 Å². The molecule has 1 fully saturated rings. The number of morpholine rings is 1. The van der Waals surface area contributed by atoms with Gasteiger partial charge in [-0.2, -0.15) is 0 Å². The van der Waals surface area contributed by atoms with Gasteiger partial charge >= 0.3 is 0 Å². The predicted octanol–water partition coefficient (Wildman–Crippen LogP) is 3.17. The van der Waals surface area contributed by atoms with Crippen LogP contribution in [0.2, 0.25) is 0 Å². The molecule has 26 heavy (non-hydrogen) atoms. The van der Waals surface area contributed by atoms with E-state index < -0.39 is 0 Å². The maximum Gasteiger partial charge on any atom is 0.234 e. The maximum atomic E-state index is 11.9. The van der Waals surface area contributed by atoms with Crippen LogP contribution in [0, 0.1) is 0 Å². The van der Waals surface area contributed by atoms with Gasteiger partial charge < -0.3 is 9.64 Å². The van der Waals surface area contributed by atoms with Gasteiger partial charge in [0.15, 0.2) is 0 Å². The largest absolute Gasteiger partial charge is 0.378 e. The Morgan fingerprint density at radius 2 is 1.42 bits per heavy atom. The van der Waals surface area contributed by atoms with Gasteiger partial charge in [-0.25, -0.2) is 5.43 Å². The minimum absolute atomic E-state index is 0.0399. The highest BCUT2D eigenvalue weighted by Crippen LogP contribution is 2.10. The summed E-state index contributed by atoms with van der Waals surface area (Å²) >= 11 is 0. The number of ether oxygens (including phenoxy) is 1. The van der Waals surface area contributed by atoms with Crippen LogP contribution in [0.5, 0.6) is 0 Å². The summed E-state index contributed by atoms with van der Waals surface area (Å²) in [7, 11) is 0. The quantitative estimate of drug-likeness (QED) is 0.344. The lowest BCUT2D eigenvalue weighted by Gasteiger charge is -2.26. The van der Waals surface area contributed by atoms with Gasteiger partial charge in [-0.15, -0.1) is 0 Å². The van der Waals surface area contributed by atoms with E-state index in [0.717, 1.165) is 13.0 Å². The number of unbranched alkanes of at least 4 members (excludes halogenated alkanes) is 9. The molecule has 2 amide bonds. The molecular formula is C20H39N3O3. The SMILES string of the molecule is CCCCCCCCCCCCNNC(=O)CCC(=O)N1CCOCC1. The predicted molar refractivity (Wildman–Crippen MR) is 105 cm³/mol. The van der Waals surface area contributed by atoms with Gasteiger partial charge in [0, 0.05) is 32.5 Å². The first-order valence-corrected chi connectivity index (χ1v) is 10.6. The second kappa shape index (κ2) is 16.1. The minimum atomic E-state index is -0.112. The van der Waals surface area contributed by atoms with Crippen molar-refractivity contribution < 1.29 is 14.3 Å². The lowest BCUT2D eigenvalue weighted by atomic mass is 10.1. The van der Waals surface area contributed by atoms with Crippen LogP contribution in [0.15, 0.2) is 0 Å². The number of nitrogens with one attached hydrogen (secondary N) is 2. The number of hydrazine groups is 1. The molecule has 0 bridgehead atoms. The third-order valence-corrected chi connectivity index (χ3v) is 4.81. The Hall–Kier alpha value is -1.14. The van der Waals surface area contributed by atoms with Gasteiger partial charge in [-0.1, -0.05) is 64.7 Å². The molecule has 1 rings (SSSR count). The summed E-state index contributed by atoms with van der Waals surface area (Å²) in [5.74, 6) is -0.0724. The van der Waals surface area contributed by atoms with E-state index in [1.54, 1.807) is 4.90 Å². The topological polar surface area (TPSA) is 70.7 Å². The summed E-state index contributed by atoms with van der Waals surface area (Å²) in [5, 5.41) is 0. The maximum absolute atomic E-state index is 11.9. The Morgan fingerprint density at radius 1 is 0.846 bits per heavy atom. The highest BCUT2D eigenvalue weighted by molar-refractivity contribution is 5.83. The van der Waals surface area contributed by atoms with Crippen LogP contribution in [0.4, 0.5) is 0 Å². The number of rotatable bonds is 15. The lowest BCUT2D eigenvalue weighted by molar-refractivity contribution is -0.137. The molecule has 0 aromatic carbocycles. The van der Waals surface area contributed by atoms with Crippen LogP contribution >= 0.6 is 0 Å². The van der Waals surface area contributed by atoms with Crippen LogP contribution in [-0.2, 0) is 14.3 Å². The van der Waals surface area contributed by atoms with E-state index in [0.29, 0.717) is 26.3 Å². The number of hydrogen-bond donors (Lipinski definition) is 2. The van der Waals surface area contributed by atoms with Crippen LogP contribution in [0.3, 0.4) is 0 Å². The van der Waals surface area contributed by atoms with Crippen LogP contribution in [0.1, 0.15) is 84.0 Å². The summed E-state index contributed by atoms with van der Waals surface area (Å²) in [5.41, 5.74) is 5.66. The molecule has 6 nitrogen and oxygen atoms in total. The first-order chi connectivity index (χ1) is 12.7. The molecule has 1 aliphatic heterocycles. The highest BCUT2D eigenvalue weighted by Gasteiger charge is 2.17. The second-order valence-electron chi connectivity index (χ2n) is 7.15. The first-order valence-electron chi connectivity index (χ1n) is 10.6. The number of carbonyl (C=O) groups excluding carboxylic acids is 2. The lowest BCUT2D eigenvalue weighted by Crippen LogP contribution is -2.42. The van der Waals surface area contributed by atoms with E-state index in [4.69, 9.17) is 4.74 Å².